The normalized spacial score (nSPS) is 14.0. The Hall–Kier alpha value is -2.48. The zero-order chi connectivity index (χ0) is 15.8. The molecule has 112 valence electrons. The van der Waals surface area contributed by atoms with Gasteiger partial charge in [-0.25, -0.2) is 5.84 Å². The average molecular weight is 292 g/mol. The fourth-order valence-corrected chi connectivity index (χ4v) is 2.32. The highest BCUT2D eigenvalue weighted by molar-refractivity contribution is 6.02. The standard InChI is InChI=1S/C13H16N4O4/c1-13(2,12(19)15-14)7-16-10-4-3-9(17(20)21)5-8(10)6-11(16)18/h3-5H,6-7,14H2,1-2H3,(H,15,19). The molecule has 1 aromatic carbocycles. The Labute approximate surface area is 121 Å². The molecule has 1 aliphatic heterocycles. The van der Waals surface area contributed by atoms with Gasteiger partial charge in [0, 0.05) is 24.4 Å². The Kier molecular flexibility index (Phi) is 3.65. The quantitative estimate of drug-likeness (QED) is 0.362. The molecule has 1 aromatic rings. The van der Waals surface area contributed by atoms with Crippen molar-refractivity contribution in [1.82, 2.24) is 5.43 Å². The van der Waals surface area contributed by atoms with Gasteiger partial charge in [0.1, 0.15) is 0 Å². The van der Waals surface area contributed by atoms with E-state index in [4.69, 9.17) is 5.84 Å². The summed E-state index contributed by atoms with van der Waals surface area (Å²) in [4.78, 5) is 35.5. The van der Waals surface area contributed by atoms with E-state index in [0.717, 1.165) is 0 Å². The van der Waals surface area contributed by atoms with E-state index < -0.39 is 10.3 Å². The molecule has 8 heteroatoms. The number of nitrogens with two attached hydrogens (primary N) is 1. The number of non-ortho nitro benzene ring substituents is 1. The predicted molar refractivity (Wildman–Crippen MR) is 75.3 cm³/mol. The number of nitrogens with zero attached hydrogens (tertiary/aromatic N) is 2. The van der Waals surface area contributed by atoms with Crippen molar-refractivity contribution in [3.63, 3.8) is 0 Å². The van der Waals surface area contributed by atoms with Crippen molar-refractivity contribution in [1.29, 1.82) is 0 Å². The number of hydrogen-bond acceptors (Lipinski definition) is 5. The van der Waals surface area contributed by atoms with Gasteiger partial charge >= 0.3 is 0 Å². The Bertz CT molecular complexity index is 627. The van der Waals surface area contributed by atoms with Crippen LogP contribution >= 0.6 is 0 Å². The van der Waals surface area contributed by atoms with Crippen LogP contribution in [0.25, 0.3) is 0 Å². The number of fused-ring (bicyclic) bond motifs is 1. The summed E-state index contributed by atoms with van der Waals surface area (Å²) >= 11 is 0. The van der Waals surface area contributed by atoms with Crippen molar-refractivity contribution in [2.75, 3.05) is 11.4 Å². The number of benzene rings is 1. The maximum Gasteiger partial charge on any atom is 0.269 e. The topological polar surface area (TPSA) is 119 Å². The van der Waals surface area contributed by atoms with E-state index in [2.05, 4.69) is 5.43 Å². The maximum atomic E-state index is 12.1. The van der Waals surface area contributed by atoms with Crippen LogP contribution in [0.5, 0.6) is 0 Å². The van der Waals surface area contributed by atoms with Gasteiger partial charge in [-0.15, -0.1) is 0 Å². The lowest BCUT2D eigenvalue weighted by molar-refractivity contribution is -0.384. The largest absolute Gasteiger partial charge is 0.311 e. The summed E-state index contributed by atoms with van der Waals surface area (Å²) in [6.45, 7) is 3.50. The van der Waals surface area contributed by atoms with Crippen molar-refractivity contribution in [2.24, 2.45) is 11.3 Å². The monoisotopic (exact) mass is 292 g/mol. The SMILES string of the molecule is CC(C)(CN1C(=O)Cc2cc([N+](=O)[O-])ccc21)C(=O)NN. The van der Waals surface area contributed by atoms with Crippen molar-refractivity contribution < 1.29 is 14.5 Å². The molecule has 0 unspecified atom stereocenters. The van der Waals surface area contributed by atoms with Gasteiger partial charge in [0.15, 0.2) is 0 Å². The molecular weight excluding hydrogens is 276 g/mol. The molecule has 2 rings (SSSR count). The zero-order valence-electron chi connectivity index (χ0n) is 11.8. The van der Waals surface area contributed by atoms with E-state index in [0.29, 0.717) is 11.3 Å². The summed E-state index contributed by atoms with van der Waals surface area (Å²) < 4.78 is 0. The van der Waals surface area contributed by atoms with Gasteiger partial charge in [0.05, 0.1) is 16.8 Å². The number of nitro groups is 1. The number of hydrazine groups is 1. The Morgan fingerprint density at radius 2 is 2.19 bits per heavy atom. The minimum absolute atomic E-state index is 0.0534. The van der Waals surface area contributed by atoms with Gasteiger partial charge in [0.2, 0.25) is 11.8 Å². The van der Waals surface area contributed by atoms with E-state index in [9.17, 15) is 19.7 Å². The van der Waals surface area contributed by atoms with Gasteiger partial charge in [-0.3, -0.25) is 25.1 Å². The third-order valence-corrected chi connectivity index (χ3v) is 3.51. The lowest BCUT2D eigenvalue weighted by atomic mass is 9.91. The molecule has 0 spiro atoms. The number of rotatable bonds is 4. The van der Waals surface area contributed by atoms with E-state index in [1.807, 2.05) is 0 Å². The molecule has 2 amide bonds. The first-order chi connectivity index (χ1) is 9.76. The summed E-state index contributed by atoms with van der Waals surface area (Å²) in [6.07, 6.45) is 0.0946. The molecule has 0 aliphatic carbocycles. The molecule has 1 heterocycles. The Balaban J connectivity index is 2.31. The molecule has 21 heavy (non-hydrogen) atoms. The second kappa shape index (κ2) is 5.13. The summed E-state index contributed by atoms with van der Waals surface area (Å²) in [7, 11) is 0. The first-order valence-corrected chi connectivity index (χ1v) is 6.35. The van der Waals surface area contributed by atoms with Gasteiger partial charge in [-0.05, 0) is 25.5 Å². The number of nitrogens with one attached hydrogen (secondary N) is 1. The number of hydrogen-bond donors (Lipinski definition) is 2. The highest BCUT2D eigenvalue weighted by Gasteiger charge is 2.36. The van der Waals surface area contributed by atoms with Crippen LogP contribution in [0.15, 0.2) is 18.2 Å². The zero-order valence-corrected chi connectivity index (χ0v) is 11.8. The molecule has 0 bridgehead atoms. The molecule has 0 fully saturated rings. The first kappa shape index (κ1) is 14.9. The summed E-state index contributed by atoms with van der Waals surface area (Å²) in [5.74, 6) is 4.56. The van der Waals surface area contributed by atoms with Crippen LogP contribution in [0.1, 0.15) is 19.4 Å². The summed E-state index contributed by atoms with van der Waals surface area (Å²) in [5, 5.41) is 10.8. The van der Waals surface area contributed by atoms with E-state index in [-0.39, 0.29) is 30.5 Å². The fourth-order valence-electron chi connectivity index (χ4n) is 2.32. The van der Waals surface area contributed by atoms with Crippen molar-refractivity contribution in [3.05, 3.63) is 33.9 Å². The lowest BCUT2D eigenvalue weighted by Gasteiger charge is -2.28. The molecule has 0 atom stereocenters. The van der Waals surface area contributed by atoms with Crippen molar-refractivity contribution in [2.45, 2.75) is 20.3 Å². The molecule has 0 saturated carbocycles. The van der Waals surface area contributed by atoms with Crippen LogP contribution in [0.4, 0.5) is 11.4 Å². The Morgan fingerprint density at radius 3 is 2.76 bits per heavy atom. The van der Waals surface area contributed by atoms with E-state index in [1.54, 1.807) is 13.8 Å². The third kappa shape index (κ3) is 2.70. The average Bonchev–Trinajstić information content (AvgIpc) is 2.72. The Morgan fingerprint density at radius 1 is 1.52 bits per heavy atom. The van der Waals surface area contributed by atoms with E-state index in [1.165, 1.54) is 23.1 Å². The van der Waals surface area contributed by atoms with Crippen LogP contribution in [0, 0.1) is 15.5 Å². The first-order valence-electron chi connectivity index (χ1n) is 6.35. The number of amides is 2. The van der Waals surface area contributed by atoms with Gasteiger partial charge in [0.25, 0.3) is 5.69 Å². The maximum absolute atomic E-state index is 12.1. The summed E-state index contributed by atoms with van der Waals surface area (Å²) in [6, 6.07) is 4.28. The molecule has 0 aromatic heterocycles. The smallest absolute Gasteiger partial charge is 0.269 e. The second-order valence-electron chi connectivity index (χ2n) is 5.58. The van der Waals surface area contributed by atoms with Gasteiger partial charge < -0.3 is 4.90 Å². The molecule has 0 radical (unpaired) electrons. The van der Waals surface area contributed by atoms with E-state index >= 15 is 0 Å². The minimum atomic E-state index is -0.867. The fraction of sp³-hybridized carbons (Fsp3) is 0.385. The van der Waals surface area contributed by atoms with Crippen LogP contribution in [-0.2, 0) is 16.0 Å². The highest BCUT2D eigenvalue weighted by Crippen LogP contribution is 2.34. The van der Waals surface area contributed by atoms with Crippen LogP contribution < -0.4 is 16.2 Å². The molecule has 1 aliphatic rings. The van der Waals surface area contributed by atoms with Crippen LogP contribution in [-0.4, -0.2) is 23.3 Å². The lowest BCUT2D eigenvalue weighted by Crippen LogP contribution is -2.48. The van der Waals surface area contributed by atoms with Gasteiger partial charge in [-0.2, -0.15) is 0 Å². The summed E-state index contributed by atoms with van der Waals surface area (Å²) in [5.41, 5.74) is 2.35. The van der Waals surface area contributed by atoms with Gasteiger partial charge in [-0.1, -0.05) is 0 Å². The van der Waals surface area contributed by atoms with Crippen LogP contribution in [0.3, 0.4) is 0 Å². The van der Waals surface area contributed by atoms with Crippen molar-refractivity contribution in [3.8, 4) is 0 Å². The van der Waals surface area contributed by atoms with Crippen LogP contribution in [0.2, 0.25) is 0 Å². The highest BCUT2D eigenvalue weighted by atomic mass is 16.6. The minimum Gasteiger partial charge on any atom is -0.311 e. The number of anilines is 1. The third-order valence-electron chi connectivity index (χ3n) is 3.51. The molecule has 0 saturated heterocycles. The second-order valence-corrected chi connectivity index (χ2v) is 5.58. The molecule has 3 N–H and O–H groups in total. The predicted octanol–water partition coefficient (Wildman–Crippen LogP) is 0.500. The van der Waals surface area contributed by atoms with Crippen molar-refractivity contribution >= 4 is 23.2 Å². The molecular formula is C13H16N4O4. The molecule has 8 nitrogen and oxygen atoms in total. The number of nitro benzene ring substituents is 1. The number of carbonyl (C=O) groups is 2. The number of carbonyl (C=O) groups excluding carboxylic acids is 2.